The molecule has 0 N–H and O–H groups in total. The van der Waals surface area contributed by atoms with Crippen molar-refractivity contribution in [2.45, 2.75) is 0 Å². The fourth-order valence-electron chi connectivity index (χ4n) is 5.05. The minimum absolute atomic E-state index is 0.894. The molecule has 2 nitrogen and oxygen atoms in total. The van der Waals surface area contributed by atoms with Gasteiger partial charge in [-0.1, -0.05) is 91.0 Å². The van der Waals surface area contributed by atoms with Crippen molar-refractivity contribution < 1.29 is 4.42 Å². The van der Waals surface area contributed by atoms with E-state index < -0.39 is 0 Å². The molecule has 1 aromatic heterocycles. The van der Waals surface area contributed by atoms with Crippen molar-refractivity contribution in [3.05, 3.63) is 127 Å². The molecule has 0 aliphatic carbocycles. The molecule has 2 heteroatoms. The predicted molar refractivity (Wildman–Crippen MR) is 143 cm³/mol. The molecule has 7 rings (SSSR count). The first kappa shape index (κ1) is 19.0. The lowest BCUT2D eigenvalue weighted by Crippen LogP contribution is -2.10. The van der Waals surface area contributed by atoms with Crippen LogP contribution in [0.4, 0.5) is 17.1 Å². The molecule has 0 unspecified atom stereocenters. The zero-order chi connectivity index (χ0) is 22.5. The number of anilines is 3. The molecule has 0 bridgehead atoms. The number of benzene rings is 6. The van der Waals surface area contributed by atoms with Gasteiger partial charge in [-0.15, -0.1) is 0 Å². The maximum atomic E-state index is 6.56. The summed E-state index contributed by atoms with van der Waals surface area (Å²) in [6, 6.07) is 44.8. The Bertz CT molecular complexity index is 1810. The Morgan fingerprint density at radius 3 is 2.06 bits per heavy atom. The lowest BCUT2D eigenvalue weighted by Gasteiger charge is -2.25. The Hall–Kier alpha value is -4.56. The lowest BCUT2D eigenvalue weighted by atomic mass is 10.0. The van der Waals surface area contributed by atoms with E-state index >= 15 is 0 Å². The van der Waals surface area contributed by atoms with E-state index in [4.69, 9.17) is 4.42 Å². The van der Waals surface area contributed by atoms with Crippen LogP contribution in [0.2, 0.25) is 0 Å². The maximum absolute atomic E-state index is 6.56. The Labute approximate surface area is 197 Å². The fourth-order valence-corrected chi connectivity index (χ4v) is 5.05. The van der Waals surface area contributed by atoms with Crippen LogP contribution in [0.25, 0.3) is 43.5 Å². The van der Waals surface area contributed by atoms with E-state index in [0.717, 1.165) is 33.6 Å². The second-order valence-corrected chi connectivity index (χ2v) is 8.62. The molecule has 1 heterocycles. The summed E-state index contributed by atoms with van der Waals surface area (Å²) in [7, 11) is 0. The minimum atomic E-state index is 0.894. The highest BCUT2D eigenvalue weighted by atomic mass is 16.3. The van der Waals surface area contributed by atoms with Crippen molar-refractivity contribution in [2.75, 3.05) is 4.90 Å². The molecule has 0 fully saturated rings. The molecule has 0 saturated carbocycles. The van der Waals surface area contributed by atoms with Crippen molar-refractivity contribution in [2.24, 2.45) is 0 Å². The number of para-hydroxylation sites is 2. The normalized spacial score (nSPS) is 11.5. The second kappa shape index (κ2) is 7.50. The van der Waals surface area contributed by atoms with Crippen molar-refractivity contribution in [3.63, 3.8) is 0 Å². The Balaban J connectivity index is 1.54. The molecule has 0 aliphatic heterocycles. The highest BCUT2D eigenvalue weighted by Gasteiger charge is 2.20. The van der Waals surface area contributed by atoms with Gasteiger partial charge < -0.3 is 9.32 Å². The summed E-state index contributed by atoms with van der Waals surface area (Å²) in [5, 5.41) is 7.18. The van der Waals surface area contributed by atoms with Crippen LogP contribution >= 0.6 is 0 Å². The Morgan fingerprint density at radius 2 is 1.18 bits per heavy atom. The SMILES string of the molecule is c1ccc(N(c2ccc3ccccc3c2)c2cccc3c2oc2ccc4ccccc4c23)cc1. The molecule has 0 saturated heterocycles. The Morgan fingerprint density at radius 1 is 0.471 bits per heavy atom. The van der Waals surface area contributed by atoms with E-state index in [0.29, 0.717) is 0 Å². The van der Waals surface area contributed by atoms with Crippen molar-refractivity contribution in [3.8, 4) is 0 Å². The molecule has 0 aliphatic rings. The quantitative estimate of drug-likeness (QED) is 0.275. The van der Waals surface area contributed by atoms with Gasteiger partial charge in [0.05, 0.1) is 5.69 Å². The summed E-state index contributed by atoms with van der Waals surface area (Å²) in [5.74, 6) is 0. The van der Waals surface area contributed by atoms with E-state index in [2.05, 4.69) is 132 Å². The molecule has 0 atom stereocenters. The number of fused-ring (bicyclic) bond motifs is 6. The average molecular weight is 436 g/mol. The number of nitrogens with zero attached hydrogens (tertiary/aromatic N) is 1. The van der Waals surface area contributed by atoms with Crippen LogP contribution in [-0.2, 0) is 0 Å². The fraction of sp³-hybridized carbons (Fsp3) is 0. The molecule has 7 aromatic rings. The molecular weight excluding hydrogens is 414 g/mol. The summed E-state index contributed by atoms with van der Waals surface area (Å²) in [6.07, 6.45) is 0. The molecule has 0 radical (unpaired) electrons. The van der Waals surface area contributed by atoms with Gasteiger partial charge in [0, 0.05) is 22.1 Å². The highest BCUT2D eigenvalue weighted by Crippen LogP contribution is 2.43. The van der Waals surface area contributed by atoms with Gasteiger partial charge in [-0.05, 0) is 57.9 Å². The van der Waals surface area contributed by atoms with Gasteiger partial charge in [0.15, 0.2) is 5.58 Å². The third-order valence-electron chi connectivity index (χ3n) is 6.61. The topological polar surface area (TPSA) is 16.4 Å². The smallest absolute Gasteiger partial charge is 0.159 e. The van der Waals surface area contributed by atoms with Gasteiger partial charge in [-0.2, -0.15) is 0 Å². The van der Waals surface area contributed by atoms with Crippen LogP contribution < -0.4 is 4.90 Å². The third-order valence-corrected chi connectivity index (χ3v) is 6.61. The van der Waals surface area contributed by atoms with Crippen LogP contribution in [0.3, 0.4) is 0 Å². The summed E-state index contributed by atoms with van der Waals surface area (Å²) < 4.78 is 6.56. The van der Waals surface area contributed by atoms with Gasteiger partial charge in [-0.3, -0.25) is 0 Å². The van der Waals surface area contributed by atoms with Crippen LogP contribution in [0.1, 0.15) is 0 Å². The number of furan rings is 1. The van der Waals surface area contributed by atoms with Gasteiger partial charge in [0.2, 0.25) is 0 Å². The zero-order valence-electron chi connectivity index (χ0n) is 18.5. The lowest BCUT2D eigenvalue weighted by molar-refractivity contribution is 0.669. The standard InChI is InChI=1S/C32H21NO/c1-2-12-25(13-3-1)33(26-19-17-22-9-4-5-11-24(22)21-26)29-16-8-15-28-31-27-14-7-6-10-23(27)18-20-30(31)34-32(28)29/h1-21H. The van der Waals surface area contributed by atoms with E-state index in [1.165, 1.54) is 26.9 Å². The minimum Gasteiger partial charge on any atom is -0.454 e. The van der Waals surface area contributed by atoms with Gasteiger partial charge in [0.25, 0.3) is 0 Å². The Kier molecular flexibility index (Phi) is 4.18. The average Bonchev–Trinajstić information content (AvgIpc) is 3.30. The van der Waals surface area contributed by atoms with E-state index in [1.807, 2.05) is 0 Å². The maximum Gasteiger partial charge on any atom is 0.159 e. The highest BCUT2D eigenvalue weighted by molar-refractivity contribution is 6.21. The predicted octanol–water partition coefficient (Wildman–Crippen LogP) is 9.36. The number of hydrogen-bond acceptors (Lipinski definition) is 2. The van der Waals surface area contributed by atoms with Crippen molar-refractivity contribution >= 4 is 60.5 Å². The zero-order valence-corrected chi connectivity index (χ0v) is 18.5. The van der Waals surface area contributed by atoms with Crippen LogP contribution in [0, 0.1) is 0 Å². The molecule has 6 aromatic carbocycles. The molecule has 0 amide bonds. The first-order chi connectivity index (χ1) is 16.9. The van der Waals surface area contributed by atoms with Gasteiger partial charge >= 0.3 is 0 Å². The van der Waals surface area contributed by atoms with Gasteiger partial charge in [0.1, 0.15) is 5.58 Å². The van der Waals surface area contributed by atoms with Gasteiger partial charge in [-0.25, -0.2) is 0 Å². The van der Waals surface area contributed by atoms with Crippen molar-refractivity contribution in [1.29, 1.82) is 0 Å². The van der Waals surface area contributed by atoms with Crippen LogP contribution in [-0.4, -0.2) is 0 Å². The number of rotatable bonds is 3. The van der Waals surface area contributed by atoms with E-state index in [9.17, 15) is 0 Å². The summed E-state index contributed by atoms with van der Waals surface area (Å²) in [6.45, 7) is 0. The monoisotopic (exact) mass is 435 g/mol. The first-order valence-corrected chi connectivity index (χ1v) is 11.5. The first-order valence-electron chi connectivity index (χ1n) is 11.5. The summed E-state index contributed by atoms with van der Waals surface area (Å²) in [4.78, 5) is 2.29. The summed E-state index contributed by atoms with van der Waals surface area (Å²) in [5.41, 5.74) is 5.02. The second-order valence-electron chi connectivity index (χ2n) is 8.62. The van der Waals surface area contributed by atoms with Crippen LogP contribution in [0.15, 0.2) is 132 Å². The molecule has 34 heavy (non-hydrogen) atoms. The molecule has 160 valence electrons. The third kappa shape index (κ3) is 2.89. The van der Waals surface area contributed by atoms with E-state index in [-0.39, 0.29) is 0 Å². The van der Waals surface area contributed by atoms with Crippen LogP contribution in [0.5, 0.6) is 0 Å². The molecule has 0 spiro atoms. The van der Waals surface area contributed by atoms with Crippen molar-refractivity contribution in [1.82, 2.24) is 0 Å². The molecular formula is C32H21NO. The summed E-state index contributed by atoms with van der Waals surface area (Å²) >= 11 is 0. The van der Waals surface area contributed by atoms with E-state index in [1.54, 1.807) is 0 Å². The largest absolute Gasteiger partial charge is 0.454 e. The number of hydrogen-bond donors (Lipinski definition) is 0.